The summed E-state index contributed by atoms with van der Waals surface area (Å²) in [7, 11) is 0. The Balaban J connectivity index is 2.19. The molecule has 1 saturated heterocycles. The average molecular weight is 218 g/mol. The lowest BCUT2D eigenvalue weighted by molar-refractivity contribution is -0.0281. The second-order valence-electron chi connectivity index (χ2n) is 4.48. The van der Waals surface area contributed by atoms with Crippen LogP contribution < -0.4 is 0 Å². The molecule has 0 radical (unpaired) electrons. The highest BCUT2D eigenvalue weighted by Crippen LogP contribution is 2.32. The Labute approximate surface area is 96.6 Å². The van der Waals surface area contributed by atoms with Gasteiger partial charge in [0.05, 0.1) is 18.8 Å². The molecule has 1 N–H and O–H groups in total. The summed E-state index contributed by atoms with van der Waals surface area (Å²) in [6.07, 6.45) is 0.465. The molecule has 2 atom stereocenters. The molecule has 0 amide bonds. The molecule has 0 aromatic heterocycles. The smallest absolute Gasteiger partial charge is 0.0987 e. The second-order valence-corrected chi connectivity index (χ2v) is 4.48. The van der Waals surface area contributed by atoms with Crippen LogP contribution in [0.15, 0.2) is 41.5 Å². The van der Waals surface area contributed by atoms with Crippen LogP contribution in [-0.4, -0.2) is 17.8 Å². The van der Waals surface area contributed by atoms with E-state index in [1.165, 1.54) is 11.1 Å². The molecule has 1 heterocycles. The van der Waals surface area contributed by atoms with E-state index in [1.54, 1.807) is 0 Å². The quantitative estimate of drug-likeness (QED) is 0.734. The Morgan fingerprint density at radius 2 is 1.94 bits per heavy atom. The van der Waals surface area contributed by atoms with E-state index >= 15 is 0 Å². The Kier molecular flexibility index (Phi) is 3.42. The van der Waals surface area contributed by atoms with Gasteiger partial charge in [0.25, 0.3) is 0 Å². The van der Waals surface area contributed by atoms with E-state index in [2.05, 4.69) is 12.1 Å². The normalized spacial score (nSPS) is 25.6. The Morgan fingerprint density at radius 1 is 1.25 bits per heavy atom. The first-order chi connectivity index (χ1) is 7.68. The minimum atomic E-state index is -0.426. The van der Waals surface area contributed by atoms with Crippen molar-refractivity contribution in [2.24, 2.45) is 0 Å². The van der Waals surface area contributed by atoms with Gasteiger partial charge < -0.3 is 9.84 Å². The molecule has 16 heavy (non-hydrogen) atoms. The highest BCUT2D eigenvalue weighted by molar-refractivity contribution is 5.24. The van der Waals surface area contributed by atoms with Crippen LogP contribution in [0, 0.1) is 0 Å². The van der Waals surface area contributed by atoms with Gasteiger partial charge in [-0.25, -0.2) is 0 Å². The van der Waals surface area contributed by atoms with Crippen LogP contribution in [0.2, 0.25) is 0 Å². The maximum absolute atomic E-state index is 9.82. The zero-order valence-electron chi connectivity index (χ0n) is 9.81. The summed E-state index contributed by atoms with van der Waals surface area (Å²) in [5.74, 6) is 0. The maximum Gasteiger partial charge on any atom is 0.0987 e. The molecule has 0 saturated carbocycles. The molecule has 86 valence electrons. The number of rotatable bonds is 1. The molecule has 2 heteroatoms. The van der Waals surface area contributed by atoms with Crippen molar-refractivity contribution in [1.82, 2.24) is 0 Å². The van der Waals surface area contributed by atoms with Crippen LogP contribution in [0.4, 0.5) is 0 Å². The van der Waals surface area contributed by atoms with E-state index in [1.807, 2.05) is 32.0 Å². The minimum absolute atomic E-state index is 0.0921. The Bertz CT molecular complexity index is 377. The summed E-state index contributed by atoms with van der Waals surface area (Å²) in [5.41, 5.74) is 3.52. The van der Waals surface area contributed by atoms with Gasteiger partial charge in [0, 0.05) is 6.42 Å². The molecule has 2 nitrogen and oxygen atoms in total. The number of ether oxygens (including phenoxy) is 1. The van der Waals surface area contributed by atoms with Gasteiger partial charge in [-0.05, 0) is 25.0 Å². The lowest BCUT2D eigenvalue weighted by Gasteiger charge is -2.30. The first kappa shape index (κ1) is 11.4. The summed E-state index contributed by atoms with van der Waals surface area (Å²) in [6.45, 7) is 4.50. The van der Waals surface area contributed by atoms with Crippen LogP contribution >= 0.6 is 0 Å². The van der Waals surface area contributed by atoms with E-state index in [9.17, 15) is 5.11 Å². The standard InChI is InChI=1S/C14H18O2/c1-10(2)12-8-14(16-9-13(12)15)11-6-4-3-5-7-11/h3-7,13-15H,8-9H2,1-2H3/t13-,14-/m1/s1. The van der Waals surface area contributed by atoms with Crippen LogP contribution in [0.5, 0.6) is 0 Å². The van der Waals surface area contributed by atoms with Gasteiger partial charge >= 0.3 is 0 Å². The third-order valence-corrected chi connectivity index (χ3v) is 3.08. The summed E-state index contributed by atoms with van der Waals surface area (Å²) < 4.78 is 5.67. The molecular weight excluding hydrogens is 200 g/mol. The Morgan fingerprint density at radius 3 is 2.56 bits per heavy atom. The van der Waals surface area contributed by atoms with Crippen molar-refractivity contribution in [3.63, 3.8) is 0 Å². The third-order valence-electron chi connectivity index (χ3n) is 3.08. The Hall–Kier alpha value is -1.12. The molecular formula is C14H18O2. The largest absolute Gasteiger partial charge is 0.386 e. The van der Waals surface area contributed by atoms with Gasteiger partial charge in [0.15, 0.2) is 0 Å². The monoisotopic (exact) mass is 218 g/mol. The van der Waals surface area contributed by atoms with Crippen molar-refractivity contribution >= 4 is 0 Å². The molecule has 1 fully saturated rings. The van der Waals surface area contributed by atoms with Crippen LogP contribution in [-0.2, 0) is 4.74 Å². The van der Waals surface area contributed by atoms with E-state index in [-0.39, 0.29) is 6.10 Å². The topological polar surface area (TPSA) is 29.5 Å². The van der Waals surface area contributed by atoms with Gasteiger partial charge in [-0.3, -0.25) is 0 Å². The number of hydrogen-bond donors (Lipinski definition) is 1. The van der Waals surface area contributed by atoms with Crippen molar-refractivity contribution in [3.05, 3.63) is 47.0 Å². The fourth-order valence-corrected chi connectivity index (χ4v) is 2.12. The van der Waals surface area contributed by atoms with Gasteiger partial charge in [-0.2, -0.15) is 0 Å². The maximum atomic E-state index is 9.82. The summed E-state index contributed by atoms with van der Waals surface area (Å²) in [6, 6.07) is 10.2. The van der Waals surface area contributed by atoms with Gasteiger partial charge in [-0.1, -0.05) is 35.9 Å². The summed E-state index contributed by atoms with van der Waals surface area (Å²) >= 11 is 0. The molecule has 1 aliphatic rings. The molecule has 0 unspecified atom stereocenters. The fourth-order valence-electron chi connectivity index (χ4n) is 2.12. The van der Waals surface area contributed by atoms with Crippen molar-refractivity contribution < 1.29 is 9.84 Å². The zero-order valence-corrected chi connectivity index (χ0v) is 9.81. The number of allylic oxidation sites excluding steroid dienone is 1. The molecule has 2 rings (SSSR count). The van der Waals surface area contributed by atoms with E-state index < -0.39 is 6.10 Å². The van der Waals surface area contributed by atoms with Crippen molar-refractivity contribution in [3.8, 4) is 0 Å². The highest BCUT2D eigenvalue weighted by atomic mass is 16.5. The molecule has 0 bridgehead atoms. The number of hydrogen-bond acceptors (Lipinski definition) is 2. The van der Waals surface area contributed by atoms with Crippen LogP contribution in [0.1, 0.15) is 31.9 Å². The highest BCUT2D eigenvalue weighted by Gasteiger charge is 2.26. The summed E-state index contributed by atoms with van der Waals surface area (Å²) in [5, 5.41) is 9.82. The van der Waals surface area contributed by atoms with Crippen molar-refractivity contribution in [1.29, 1.82) is 0 Å². The van der Waals surface area contributed by atoms with Crippen molar-refractivity contribution in [2.75, 3.05) is 6.61 Å². The lowest BCUT2D eigenvalue weighted by atomic mass is 9.92. The van der Waals surface area contributed by atoms with Gasteiger partial charge in [0.1, 0.15) is 0 Å². The fraction of sp³-hybridized carbons (Fsp3) is 0.429. The molecule has 1 aromatic carbocycles. The number of benzene rings is 1. The first-order valence-corrected chi connectivity index (χ1v) is 5.69. The first-order valence-electron chi connectivity index (χ1n) is 5.69. The number of aliphatic hydroxyl groups excluding tert-OH is 1. The molecule has 1 aromatic rings. The van der Waals surface area contributed by atoms with Gasteiger partial charge in [0.2, 0.25) is 0 Å². The van der Waals surface area contributed by atoms with E-state index in [0.29, 0.717) is 6.61 Å². The SMILES string of the molecule is CC(C)=C1C[C@H](c2ccccc2)OC[C@H]1O. The van der Waals surface area contributed by atoms with E-state index in [4.69, 9.17) is 4.74 Å². The van der Waals surface area contributed by atoms with Gasteiger partial charge in [-0.15, -0.1) is 0 Å². The average Bonchev–Trinajstić information content (AvgIpc) is 2.30. The zero-order chi connectivity index (χ0) is 11.5. The molecule has 1 aliphatic heterocycles. The lowest BCUT2D eigenvalue weighted by Crippen LogP contribution is -2.28. The number of aliphatic hydroxyl groups is 1. The van der Waals surface area contributed by atoms with Crippen molar-refractivity contribution in [2.45, 2.75) is 32.5 Å². The van der Waals surface area contributed by atoms with Crippen LogP contribution in [0.3, 0.4) is 0 Å². The predicted molar refractivity (Wildman–Crippen MR) is 64.1 cm³/mol. The van der Waals surface area contributed by atoms with E-state index in [0.717, 1.165) is 12.0 Å². The summed E-state index contributed by atoms with van der Waals surface area (Å²) in [4.78, 5) is 0. The minimum Gasteiger partial charge on any atom is -0.386 e. The molecule has 0 spiro atoms. The molecule has 0 aliphatic carbocycles. The predicted octanol–water partition coefficient (Wildman–Crippen LogP) is 2.85. The van der Waals surface area contributed by atoms with Crippen LogP contribution in [0.25, 0.3) is 0 Å². The third kappa shape index (κ3) is 2.34. The second kappa shape index (κ2) is 4.81.